The van der Waals surface area contributed by atoms with Crippen molar-refractivity contribution in [2.45, 2.75) is 108 Å². The number of amides is 2. The number of alkyl halides is 2. The Kier molecular flexibility index (Phi) is 6.96. The lowest BCUT2D eigenvalue weighted by atomic mass is 9.78. The lowest BCUT2D eigenvalue weighted by Gasteiger charge is -2.39. The molecular formula is C27H35F2N5O3S. The van der Waals surface area contributed by atoms with Crippen LogP contribution in [0.1, 0.15) is 105 Å². The van der Waals surface area contributed by atoms with Gasteiger partial charge in [-0.1, -0.05) is 0 Å². The highest BCUT2D eigenvalue weighted by molar-refractivity contribution is 7.17. The molecule has 3 fully saturated rings. The number of rotatable bonds is 8. The van der Waals surface area contributed by atoms with Gasteiger partial charge in [-0.25, -0.2) is 18.7 Å². The van der Waals surface area contributed by atoms with Gasteiger partial charge in [0, 0.05) is 34.9 Å². The van der Waals surface area contributed by atoms with Crippen molar-refractivity contribution in [1.29, 1.82) is 0 Å². The number of nitrogens with one attached hydrogen (secondary N) is 2. The van der Waals surface area contributed by atoms with Crippen molar-refractivity contribution in [3.05, 3.63) is 28.5 Å². The summed E-state index contributed by atoms with van der Waals surface area (Å²) in [7, 11) is 0. The standard InChI is InChI=1S/C27H35F2N5O3S/c1-14(26(2,3)37)31-23(35)24-32-20(25(36)34-15-6-7-16(34)9-8-15)21(38-24)18-13-30-19(12-17(18)22(28)29)33-27(4)10-5-11-27/h12-16,22,37H,5-11H2,1-4H3,(H,30,33)(H,31,35)/t14-,15?,16?/m0/s1. The lowest BCUT2D eigenvalue weighted by molar-refractivity contribution is 0.0408. The number of carbonyl (C=O) groups is 2. The van der Waals surface area contributed by atoms with Crippen LogP contribution in [-0.2, 0) is 0 Å². The van der Waals surface area contributed by atoms with Crippen molar-refractivity contribution < 1.29 is 23.5 Å². The number of carbonyl (C=O) groups excluding carboxylic acids is 2. The Morgan fingerprint density at radius 2 is 1.84 bits per heavy atom. The predicted octanol–water partition coefficient (Wildman–Crippen LogP) is 5.15. The summed E-state index contributed by atoms with van der Waals surface area (Å²) < 4.78 is 28.8. The van der Waals surface area contributed by atoms with E-state index in [1.165, 1.54) is 12.3 Å². The smallest absolute Gasteiger partial charge is 0.280 e. The fourth-order valence-electron chi connectivity index (χ4n) is 5.60. The second kappa shape index (κ2) is 9.82. The molecule has 4 heterocycles. The van der Waals surface area contributed by atoms with Gasteiger partial charge in [-0.2, -0.15) is 0 Å². The maximum absolute atomic E-state index is 14.4. The molecule has 2 amide bonds. The molecule has 5 rings (SSSR count). The molecule has 1 aliphatic carbocycles. The van der Waals surface area contributed by atoms with Crippen LogP contribution in [0.25, 0.3) is 10.4 Å². The number of nitrogens with zero attached hydrogens (tertiary/aromatic N) is 3. The number of anilines is 1. The van der Waals surface area contributed by atoms with Crippen LogP contribution in [0.2, 0.25) is 0 Å². The van der Waals surface area contributed by atoms with Gasteiger partial charge in [0.15, 0.2) is 5.01 Å². The highest BCUT2D eigenvalue weighted by atomic mass is 32.1. The number of thiazole rings is 1. The van der Waals surface area contributed by atoms with Crippen LogP contribution in [0.15, 0.2) is 12.3 Å². The SMILES string of the molecule is C[C@H](NC(=O)c1nc(C(=O)N2C3CCC2CC3)c(-c2cnc(NC3(C)CCC3)cc2C(F)F)s1)C(C)(C)O. The van der Waals surface area contributed by atoms with Gasteiger partial charge in [-0.15, -0.1) is 11.3 Å². The first-order chi connectivity index (χ1) is 17.9. The Morgan fingerprint density at radius 1 is 1.21 bits per heavy atom. The lowest BCUT2D eigenvalue weighted by Crippen LogP contribution is -2.47. The fraction of sp³-hybridized carbons (Fsp3) is 0.630. The second-order valence-corrected chi connectivity index (χ2v) is 12.7. The summed E-state index contributed by atoms with van der Waals surface area (Å²) in [5, 5.41) is 16.2. The van der Waals surface area contributed by atoms with E-state index in [1.54, 1.807) is 20.8 Å². The van der Waals surface area contributed by atoms with E-state index in [1.807, 2.05) is 11.8 Å². The molecule has 2 aromatic rings. The maximum atomic E-state index is 14.4. The molecule has 38 heavy (non-hydrogen) atoms. The van der Waals surface area contributed by atoms with Gasteiger partial charge >= 0.3 is 0 Å². The van der Waals surface area contributed by atoms with Gasteiger partial charge in [0.1, 0.15) is 11.5 Å². The summed E-state index contributed by atoms with van der Waals surface area (Å²) in [4.78, 5) is 37.7. The monoisotopic (exact) mass is 547 g/mol. The Hall–Kier alpha value is -2.66. The molecule has 1 atom stereocenters. The summed E-state index contributed by atoms with van der Waals surface area (Å²) in [5.74, 6) is -0.546. The Balaban J connectivity index is 1.54. The van der Waals surface area contributed by atoms with Crippen molar-refractivity contribution in [2.75, 3.05) is 5.32 Å². The summed E-state index contributed by atoms with van der Waals surface area (Å²) in [6.45, 7) is 6.85. The molecule has 206 valence electrons. The molecule has 2 saturated heterocycles. The Bertz CT molecular complexity index is 1220. The van der Waals surface area contributed by atoms with Crippen LogP contribution in [0.5, 0.6) is 0 Å². The second-order valence-electron chi connectivity index (χ2n) is 11.7. The maximum Gasteiger partial charge on any atom is 0.280 e. The molecule has 2 aliphatic heterocycles. The summed E-state index contributed by atoms with van der Waals surface area (Å²) in [6.07, 6.45) is 5.14. The van der Waals surface area contributed by atoms with Gasteiger partial charge in [0.2, 0.25) is 0 Å². The molecule has 2 bridgehead atoms. The summed E-state index contributed by atoms with van der Waals surface area (Å²) in [5.41, 5.74) is -1.51. The number of pyridine rings is 1. The minimum atomic E-state index is -2.82. The molecular weight excluding hydrogens is 512 g/mol. The van der Waals surface area contributed by atoms with E-state index in [9.17, 15) is 23.5 Å². The van der Waals surface area contributed by atoms with Crippen molar-refractivity contribution in [3.8, 4) is 10.4 Å². The number of halogens is 2. The normalized spacial score (nSPS) is 22.9. The van der Waals surface area contributed by atoms with Crippen LogP contribution in [0.4, 0.5) is 14.6 Å². The Labute approximate surface area is 225 Å². The molecule has 0 radical (unpaired) electrons. The van der Waals surface area contributed by atoms with Crippen molar-refractivity contribution in [3.63, 3.8) is 0 Å². The van der Waals surface area contributed by atoms with Crippen molar-refractivity contribution >= 4 is 29.0 Å². The number of hydrogen-bond donors (Lipinski definition) is 3. The summed E-state index contributed by atoms with van der Waals surface area (Å²) in [6, 6.07) is 0.953. The van der Waals surface area contributed by atoms with Crippen LogP contribution in [-0.4, -0.2) is 61.1 Å². The fourth-order valence-corrected chi connectivity index (χ4v) is 6.59. The van der Waals surface area contributed by atoms with Crippen LogP contribution < -0.4 is 10.6 Å². The molecule has 3 aliphatic rings. The predicted molar refractivity (Wildman–Crippen MR) is 142 cm³/mol. The first kappa shape index (κ1) is 26.9. The zero-order valence-corrected chi connectivity index (χ0v) is 23.0. The van der Waals surface area contributed by atoms with E-state index < -0.39 is 24.0 Å². The summed E-state index contributed by atoms with van der Waals surface area (Å²) >= 11 is 0.904. The van der Waals surface area contributed by atoms with Gasteiger partial charge in [-0.3, -0.25) is 9.59 Å². The van der Waals surface area contributed by atoms with E-state index in [0.29, 0.717) is 5.82 Å². The van der Waals surface area contributed by atoms with E-state index in [0.717, 1.165) is 56.3 Å². The van der Waals surface area contributed by atoms with Gasteiger partial charge in [-0.05, 0) is 78.7 Å². The molecule has 11 heteroatoms. The molecule has 3 N–H and O–H groups in total. The highest BCUT2D eigenvalue weighted by Gasteiger charge is 2.44. The first-order valence-electron chi connectivity index (χ1n) is 13.3. The quantitative estimate of drug-likeness (QED) is 0.422. The van der Waals surface area contributed by atoms with Gasteiger partial charge in [0.25, 0.3) is 18.2 Å². The average Bonchev–Trinajstić information content (AvgIpc) is 3.56. The molecule has 0 aromatic carbocycles. The number of hydrogen-bond acceptors (Lipinski definition) is 7. The molecule has 0 spiro atoms. The molecule has 8 nitrogen and oxygen atoms in total. The van der Waals surface area contributed by atoms with Crippen LogP contribution in [0, 0.1) is 0 Å². The van der Waals surface area contributed by atoms with E-state index >= 15 is 0 Å². The van der Waals surface area contributed by atoms with Crippen molar-refractivity contribution in [2.24, 2.45) is 0 Å². The molecule has 0 unspecified atom stereocenters. The highest BCUT2D eigenvalue weighted by Crippen LogP contribution is 2.43. The van der Waals surface area contributed by atoms with Gasteiger partial charge < -0.3 is 20.6 Å². The minimum absolute atomic E-state index is 0.00484. The van der Waals surface area contributed by atoms with Crippen molar-refractivity contribution in [1.82, 2.24) is 20.2 Å². The van der Waals surface area contributed by atoms with Gasteiger partial charge in [0.05, 0.1) is 16.5 Å². The minimum Gasteiger partial charge on any atom is -0.388 e. The third-order valence-electron chi connectivity index (χ3n) is 8.42. The number of aliphatic hydroxyl groups is 1. The first-order valence-corrected chi connectivity index (χ1v) is 14.1. The molecule has 1 saturated carbocycles. The van der Waals surface area contributed by atoms with Crippen LogP contribution >= 0.6 is 11.3 Å². The zero-order valence-electron chi connectivity index (χ0n) is 22.2. The van der Waals surface area contributed by atoms with E-state index in [4.69, 9.17) is 0 Å². The zero-order chi connectivity index (χ0) is 27.4. The number of aromatic nitrogens is 2. The third kappa shape index (κ3) is 5.02. The van der Waals surface area contributed by atoms with E-state index in [-0.39, 0.29) is 50.2 Å². The third-order valence-corrected chi connectivity index (χ3v) is 9.51. The number of fused-ring (bicyclic) bond motifs is 2. The molecule has 2 aromatic heterocycles. The Morgan fingerprint density at radius 3 is 2.37 bits per heavy atom. The van der Waals surface area contributed by atoms with Crippen LogP contribution in [0.3, 0.4) is 0 Å². The topological polar surface area (TPSA) is 107 Å². The van der Waals surface area contributed by atoms with E-state index in [2.05, 4.69) is 20.6 Å². The largest absolute Gasteiger partial charge is 0.388 e. The average molecular weight is 548 g/mol.